The smallest absolute Gasteiger partial charge is 0.255 e. The molecule has 0 aromatic heterocycles. The van der Waals surface area contributed by atoms with E-state index in [4.69, 9.17) is 4.74 Å². The standard InChI is InChI=1S/C23H22N2O3/c1-15-4-13-21(16(2)14-15)25-23(27)17-5-9-19(10-6-17)24-22(26)18-7-11-20(28-3)12-8-18/h4-14H,1-3H3,(H,24,26)(H,25,27). The third kappa shape index (κ3) is 4.57. The Hall–Kier alpha value is -3.60. The third-order valence-corrected chi connectivity index (χ3v) is 4.39. The lowest BCUT2D eigenvalue weighted by Crippen LogP contribution is -2.14. The minimum Gasteiger partial charge on any atom is -0.497 e. The molecule has 0 bridgehead atoms. The summed E-state index contributed by atoms with van der Waals surface area (Å²) in [6.45, 7) is 3.97. The van der Waals surface area contributed by atoms with Crippen LogP contribution in [0.15, 0.2) is 66.7 Å². The fraction of sp³-hybridized carbons (Fsp3) is 0.130. The monoisotopic (exact) mass is 374 g/mol. The Kier molecular flexibility index (Phi) is 5.75. The summed E-state index contributed by atoms with van der Waals surface area (Å²) in [5, 5.41) is 5.73. The number of anilines is 2. The van der Waals surface area contributed by atoms with Crippen LogP contribution in [0.4, 0.5) is 11.4 Å². The van der Waals surface area contributed by atoms with Crippen LogP contribution in [0.25, 0.3) is 0 Å². The van der Waals surface area contributed by atoms with Gasteiger partial charge in [0.1, 0.15) is 5.75 Å². The first-order valence-electron chi connectivity index (χ1n) is 8.90. The first kappa shape index (κ1) is 19.2. The Morgan fingerprint density at radius 1 is 0.750 bits per heavy atom. The summed E-state index contributed by atoms with van der Waals surface area (Å²) in [5.41, 5.74) is 4.60. The topological polar surface area (TPSA) is 67.4 Å². The van der Waals surface area contributed by atoms with Crippen LogP contribution < -0.4 is 15.4 Å². The van der Waals surface area contributed by atoms with Crippen molar-refractivity contribution in [2.75, 3.05) is 17.7 Å². The van der Waals surface area contributed by atoms with Gasteiger partial charge in [-0.15, -0.1) is 0 Å². The van der Waals surface area contributed by atoms with Crippen molar-refractivity contribution in [3.05, 3.63) is 89.0 Å². The van der Waals surface area contributed by atoms with E-state index in [1.54, 1.807) is 55.6 Å². The molecule has 3 aromatic carbocycles. The van der Waals surface area contributed by atoms with Crippen LogP contribution in [0.3, 0.4) is 0 Å². The molecule has 2 N–H and O–H groups in total. The molecule has 2 amide bonds. The van der Waals surface area contributed by atoms with Crippen LogP contribution in [0.5, 0.6) is 5.75 Å². The average Bonchev–Trinajstić information content (AvgIpc) is 2.70. The molecule has 28 heavy (non-hydrogen) atoms. The molecule has 0 spiro atoms. The molecule has 3 aromatic rings. The lowest BCUT2D eigenvalue weighted by Gasteiger charge is -2.10. The largest absolute Gasteiger partial charge is 0.497 e. The summed E-state index contributed by atoms with van der Waals surface area (Å²) >= 11 is 0. The lowest BCUT2D eigenvalue weighted by molar-refractivity contribution is 0.102. The van der Waals surface area contributed by atoms with Gasteiger partial charge in [-0.2, -0.15) is 0 Å². The fourth-order valence-corrected chi connectivity index (χ4v) is 2.80. The second-order valence-electron chi connectivity index (χ2n) is 6.53. The van der Waals surface area contributed by atoms with Gasteiger partial charge in [0, 0.05) is 22.5 Å². The number of hydrogen-bond acceptors (Lipinski definition) is 3. The molecule has 5 heteroatoms. The van der Waals surface area contributed by atoms with E-state index >= 15 is 0 Å². The normalized spacial score (nSPS) is 10.2. The molecular weight excluding hydrogens is 352 g/mol. The van der Waals surface area contributed by atoms with Gasteiger partial charge in [-0.3, -0.25) is 9.59 Å². The molecule has 0 fully saturated rings. The van der Waals surface area contributed by atoms with E-state index in [0.717, 1.165) is 16.8 Å². The van der Waals surface area contributed by atoms with Gasteiger partial charge in [-0.25, -0.2) is 0 Å². The van der Waals surface area contributed by atoms with E-state index in [-0.39, 0.29) is 11.8 Å². The van der Waals surface area contributed by atoms with E-state index in [2.05, 4.69) is 10.6 Å². The Bertz CT molecular complexity index is 993. The minimum absolute atomic E-state index is 0.194. The molecule has 3 rings (SSSR count). The summed E-state index contributed by atoms with van der Waals surface area (Å²) in [6.07, 6.45) is 0. The summed E-state index contributed by atoms with van der Waals surface area (Å²) in [6, 6.07) is 19.5. The maximum absolute atomic E-state index is 12.5. The maximum Gasteiger partial charge on any atom is 0.255 e. The van der Waals surface area contributed by atoms with Crippen molar-refractivity contribution in [2.45, 2.75) is 13.8 Å². The highest BCUT2D eigenvalue weighted by molar-refractivity contribution is 6.06. The number of methoxy groups -OCH3 is 1. The predicted molar refractivity (Wildman–Crippen MR) is 111 cm³/mol. The van der Waals surface area contributed by atoms with E-state index in [1.807, 2.05) is 32.0 Å². The van der Waals surface area contributed by atoms with Crippen LogP contribution in [0.1, 0.15) is 31.8 Å². The van der Waals surface area contributed by atoms with Crippen LogP contribution in [0, 0.1) is 13.8 Å². The lowest BCUT2D eigenvalue weighted by atomic mass is 10.1. The number of carbonyl (C=O) groups excluding carboxylic acids is 2. The molecular formula is C23H22N2O3. The first-order valence-corrected chi connectivity index (χ1v) is 8.90. The molecule has 0 aliphatic heterocycles. The number of amides is 2. The van der Waals surface area contributed by atoms with Gasteiger partial charge in [-0.05, 0) is 74.0 Å². The number of rotatable bonds is 5. The van der Waals surface area contributed by atoms with Crippen molar-refractivity contribution in [1.29, 1.82) is 0 Å². The van der Waals surface area contributed by atoms with Crippen molar-refractivity contribution >= 4 is 23.2 Å². The molecule has 0 aliphatic rings. The van der Waals surface area contributed by atoms with Gasteiger partial charge in [0.15, 0.2) is 0 Å². The highest BCUT2D eigenvalue weighted by Crippen LogP contribution is 2.18. The summed E-state index contributed by atoms with van der Waals surface area (Å²) in [4.78, 5) is 24.8. The molecule has 0 heterocycles. The predicted octanol–water partition coefficient (Wildman–Crippen LogP) is 4.82. The van der Waals surface area contributed by atoms with Crippen molar-refractivity contribution in [2.24, 2.45) is 0 Å². The van der Waals surface area contributed by atoms with E-state index in [0.29, 0.717) is 22.6 Å². The SMILES string of the molecule is COc1ccc(C(=O)Nc2ccc(C(=O)Nc3ccc(C)cc3C)cc2)cc1. The van der Waals surface area contributed by atoms with Crippen molar-refractivity contribution in [3.8, 4) is 5.75 Å². The van der Waals surface area contributed by atoms with Crippen LogP contribution in [-0.4, -0.2) is 18.9 Å². The molecule has 0 aliphatic carbocycles. The van der Waals surface area contributed by atoms with Gasteiger partial charge in [0.25, 0.3) is 11.8 Å². The zero-order valence-corrected chi connectivity index (χ0v) is 16.1. The van der Waals surface area contributed by atoms with Gasteiger partial charge in [0.2, 0.25) is 0 Å². The van der Waals surface area contributed by atoms with E-state index in [1.165, 1.54) is 0 Å². The number of aryl methyl sites for hydroxylation is 2. The Labute approximate surface area is 164 Å². The Balaban J connectivity index is 1.65. The molecule has 0 unspecified atom stereocenters. The Morgan fingerprint density at radius 3 is 1.89 bits per heavy atom. The van der Waals surface area contributed by atoms with Gasteiger partial charge in [-0.1, -0.05) is 17.7 Å². The molecule has 142 valence electrons. The Morgan fingerprint density at radius 2 is 1.32 bits per heavy atom. The average molecular weight is 374 g/mol. The van der Waals surface area contributed by atoms with Crippen LogP contribution in [-0.2, 0) is 0 Å². The number of nitrogens with one attached hydrogen (secondary N) is 2. The second kappa shape index (κ2) is 8.39. The van der Waals surface area contributed by atoms with Crippen LogP contribution >= 0.6 is 0 Å². The molecule has 0 radical (unpaired) electrons. The number of hydrogen-bond donors (Lipinski definition) is 2. The van der Waals surface area contributed by atoms with Crippen LogP contribution in [0.2, 0.25) is 0 Å². The fourth-order valence-electron chi connectivity index (χ4n) is 2.80. The van der Waals surface area contributed by atoms with Gasteiger partial charge >= 0.3 is 0 Å². The second-order valence-corrected chi connectivity index (χ2v) is 6.53. The highest BCUT2D eigenvalue weighted by atomic mass is 16.5. The quantitative estimate of drug-likeness (QED) is 0.673. The molecule has 5 nitrogen and oxygen atoms in total. The maximum atomic E-state index is 12.5. The number of ether oxygens (including phenoxy) is 1. The highest BCUT2D eigenvalue weighted by Gasteiger charge is 2.10. The van der Waals surface area contributed by atoms with E-state index in [9.17, 15) is 9.59 Å². The van der Waals surface area contributed by atoms with Crippen molar-refractivity contribution in [3.63, 3.8) is 0 Å². The molecule has 0 atom stereocenters. The summed E-state index contributed by atoms with van der Waals surface area (Å²) < 4.78 is 5.09. The summed E-state index contributed by atoms with van der Waals surface area (Å²) in [5.74, 6) is 0.269. The number of benzene rings is 3. The zero-order chi connectivity index (χ0) is 20.1. The zero-order valence-electron chi connectivity index (χ0n) is 16.1. The third-order valence-electron chi connectivity index (χ3n) is 4.39. The molecule has 0 saturated carbocycles. The van der Waals surface area contributed by atoms with E-state index < -0.39 is 0 Å². The summed E-state index contributed by atoms with van der Waals surface area (Å²) in [7, 11) is 1.58. The molecule has 0 saturated heterocycles. The van der Waals surface area contributed by atoms with Crippen molar-refractivity contribution in [1.82, 2.24) is 0 Å². The van der Waals surface area contributed by atoms with Crippen molar-refractivity contribution < 1.29 is 14.3 Å². The number of carbonyl (C=O) groups is 2. The first-order chi connectivity index (χ1) is 13.5. The minimum atomic E-state index is -0.227. The van der Waals surface area contributed by atoms with Gasteiger partial charge < -0.3 is 15.4 Å². The van der Waals surface area contributed by atoms with Gasteiger partial charge in [0.05, 0.1) is 7.11 Å².